The zero-order chi connectivity index (χ0) is 6.97. The minimum absolute atomic E-state index is 0.620. The first-order valence-electron chi connectivity index (χ1n) is 3.87. The molecule has 1 aliphatic rings. The Morgan fingerprint density at radius 1 is 1.60 bits per heavy atom. The summed E-state index contributed by atoms with van der Waals surface area (Å²) in [5.74, 6) is 0.903. The number of rotatable bonds is 2. The summed E-state index contributed by atoms with van der Waals surface area (Å²) in [4.78, 5) is 0. The van der Waals surface area contributed by atoms with Crippen LogP contribution in [0, 0.1) is 5.92 Å². The van der Waals surface area contributed by atoms with Crippen LogP contribution in [0.3, 0.4) is 0 Å². The number of hydrogen-bond donors (Lipinski definition) is 0. The van der Waals surface area contributed by atoms with Crippen molar-refractivity contribution < 1.29 is 0 Å². The lowest BCUT2D eigenvalue weighted by atomic mass is 10.2. The molecule has 1 heterocycles. The minimum Gasteiger partial charge on any atom is -0.270 e. The largest absolute Gasteiger partial charge is 0.270 e. The van der Waals surface area contributed by atoms with Gasteiger partial charge < -0.3 is 0 Å². The van der Waals surface area contributed by atoms with Crippen LogP contribution >= 0.6 is 0 Å². The van der Waals surface area contributed by atoms with Crippen molar-refractivity contribution in [3.63, 3.8) is 0 Å². The molecule has 0 bridgehead atoms. The lowest BCUT2D eigenvalue weighted by Gasteiger charge is -2.09. The summed E-state index contributed by atoms with van der Waals surface area (Å²) in [5, 5.41) is 4.19. The Hall–Kier alpha value is -0.790. The van der Waals surface area contributed by atoms with Crippen LogP contribution in [0.2, 0.25) is 0 Å². The average molecular weight is 136 g/mol. The van der Waals surface area contributed by atoms with E-state index in [4.69, 9.17) is 0 Å². The SMILES string of the molecule is C[C@@H](C1CC1)n1cccn1. The van der Waals surface area contributed by atoms with Gasteiger partial charge in [-0.2, -0.15) is 5.10 Å². The number of nitrogens with zero attached hydrogens (tertiary/aromatic N) is 2. The molecule has 1 saturated carbocycles. The van der Waals surface area contributed by atoms with Crippen LogP contribution in [0.1, 0.15) is 25.8 Å². The summed E-state index contributed by atoms with van der Waals surface area (Å²) in [5.41, 5.74) is 0. The highest BCUT2D eigenvalue weighted by molar-refractivity contribution is 4.87. The van der Waals surface area contributed by atoms with E-state index in [1.54, 1.807) is 0 Å². The monoisotopic (exact) mass is 136 g/mol. The predicted octanol–water partition coefficient (Wildman–Crippen LogP) is 1.85. The molecule has 0 saturated heterocycles. The summed E-state index contributed by atoms with van der Waals surface area (Å²) in [6.07, 6.45) is 6.67. The van der Waals surface area contributed by atoms with Gasteiger partial charge in [-0.25, -0.2) is 0 Å². The van der Waals surface area contributed by atoms with Gasteiger partial charge in [0.05, 0.1) is 6.04 Å². The molecule has 0 radical (unpaired) electrons. The van der Waals surface area contributed by atoms with E-state index in [1.165, 1.54) is 12.8 Å². The van der Waals surface area contributed by atoms with Crippen molar-refractivity contribution in [2.75, 3.05) is 0 Å². The second-order valence-electron chi connectivity index (χ2n) is 3.06. The molecular formula is C8H12N2. The topological polar surface area (TPSA) is 17.8 Å². The lowest BCUT2D eigenvalue weighted by molar-refractivity contribution is 0.440. The fourth-order valence-electron chi connectivity index (χ4n) is 1.32. The number of aromatic nitrogens is 2. The minimum atomic E-state index is 0.620. The van der Waals surface area contributed by atoms with Crippen molar-refractivity contribution in [1.29, 1.82) is 0 Å². The van der Waals surface area contributed by atoms with Gasteiger partial charge in [0.25, 0.3) is 0 Å². The van der Waals surface area contributed by atoms with Crippen LogP contribution in [-0.4, -0.2) is 9.78 Å². The summed E-state index contributed by atoms with van der Waals surface area (Å²) >= 11 is 0. The van der Waals surface area contributed by atoms with Gasteiger partial charge in [-0.1, -0.05) is 0 Å². The second kappa shape index (κ2) is 2.11. The zero-order valence-electron chi connectivity index (χ0n) is 6.20. The van der Waals surface area contributed by atoms with Gasteiger partial charge in [-0.05, 0) is 31.7 Å². The molecule has 54 valence electrons. The molecule has 2 heteroatoms. The molecule has 1 atom stereocenters. The van der Waals surface area contributed by atoms with Gasteiger partial charge >= 0.3 is 0 Å². The fraction of sp³-hybridized carbons (Fsp3) is 0.625. The average Bonchev–Trinajstić information content (AvgIpc) is 2.65. The summed E-state index contributed by atoms with van der Waals surface area (Å²) in [7, 11) is 0. The van der Waals surface area contributed by atoms with E-state index in [9.17, 15) is 0 Å². The molecule has 0 spiro atoms. The Balaban J connectivity index is 2.11. The van der Waals surface area contributed by atoms with Crippen LogP contribution in [0.5, 0.6) is 0 Å². The van der Waals surface area contributed by atoms with Gasteiger partial charge in [0.1, 0.15) is 0 Å². The van der Waals surface area contributed by atoms with Crippen LogP contribution in [0.15, 0.2) is 18.5 Å². The smallest absolute Gasteiger partial charge is 0.0519 e. The van der Waals surface area contributed by atoms with Gasteiger partial charge in [0.2, 0.25) is 0 Å². The molecule has 0 unspecified atom stereocenters. The van der Waals surface area contributed by atoms with E-state index in [0.29, 0.717) is 6.04 Å². The molecule has 0 aromatic carbocycles. The van der Waals surface area contributed by atoms with E-state index < -0.39 is 0 Å². The molecule has 2 rings (SSSR count). The maximum atomic E-state index is 4.19. The quantitative estimate of drug-likeness (QED) is 0.606. The van der Waals surface area contributed by atoms with Crippen LogP contribution in [0.4, 0.5) is 0 Å². The van der Waals surface area contributed by atoms with Gasteiger partial charge in [0.15, 0.2) is 0 Å². The highest BCUT2D eigenvalue weighted by Gasteiger charge is 2.28. The summed E-state index contributed by atoms with van der Waals surface area (Å²) in [6.45, 7) is 2.24. The Labute approximate surface area is 60.9 Å². The Morgan fingerprint density at radius 2 is 2.40 bits per heavy atom. The van der Waals surface area contributed by atoms with Crippen molar-refractivity contribution in [3.05, 3.63) is 18.5 Å². The lowest BCUT2D eigenvalue weighted by Crippen LogP contribution is -2.06. The van der Waals surface area contributed by atoms with Crippen molar-refractivity contribution in [3.8, 4) is 0 Å². The van der Waals surface area contributed by atoms with Crippen LogP contribution < -0.4 is 0 Å². The third-order valence-electron chi connectivity index (χ3n) is 2.25. The summed E-state index contributed by atoms with van der Waals surface area (Å²) in [6, 6.07) is 2.61. The van der Waals surface area contributed by atoms with E-state index >= 15 is 0 Å². The molecule has 2 nitrogen and oxygen atoms in total. The van der Waals surface area contributed by atoms with E-state index in [2.05, 4.69) is 16.7 Å². The molecule has 0 N–H and O–H groups in total. The first kappa shape index (κ1) is 5.96. The molecular weight excluding hydrogens is 124 g/mol. The molecule has 1 aromatic rings. The molecule has 0 amide bonds. The summed E-state index contributed by atoms with van der Waals surface area (Å²) < 4.78 is 2.05. The van der Waals surface area contributed by atoms with Gasteiger partial charge in [0, 0.05) is 12.4 Å². The highest BCUT2D eigenvalue weighted by Crippen LogP contribution is 2.38. The first-order valence-corrected chi connectivity index (χ1v) is 3.87. The Morgan fingerprint density at radius 3 is 2.90 bits per heavy atom. The molecule has 1 fully saturated rings. The second-order valence-corrected chi connectivity index (χ2v) is 3.06. The zero-order valence-corrected chi connectivity index (χ0v) is 6.20. The normalized spacial score (nSPS) is 20.9. The van der Waals surface area contributed by atoms with Crippen molar-refractivity contribution in [1.82, 2.24) is 9.78 Å². The van der Waals surface area contributed by atoms with Crippen molar-refractivity contribution in [2.45, 2.75) is 25.8 Å². The first-order chi connectivity index (χ1) is 4.88. The highest BCUT2D eigenvalue weighted by atomic mass is 15.3. The van der Waals surface area contributed by atoms with E-state index in [0.717, 1.165) is 5.92 Å². The maximum Gasteiger partial charge on any atom is 0.0519 e. The van der Waals surface area contributed by atoms with Crippen LogP contribution in [-0.2, 0) is 0 Å². The van der Waals surface area contributed by atoms with Gasteiger partial charge in [-0.3, -0.25) is 4.68 Å². The predicted molar refractivity (Wildman–Crippen MR) is 39.7 cm³/mol. The Bertz CT molecular complexity index is 199. The number of hydrogen-bond acceptors (Lipinski definition) is 1. The Kier molecular flexibility index (Phi) is 1.26. The standard InChI is InChI=1S/C8H12N2/c1-7(8-3-4-8)10-6-2-5-9-10/h2,5-8H,3-4H2,1H3/t7-/m0/s1. The van der Waals surface area contributed by atoms with Gasteiger partial charge in [-0.15, -0.1) is 0 Å². The van der Waals surface area contributed by atoms with Crippen molar-refractivity contribution >= 4 is 0 Å². The molecule has 10 heavy (non-hydrogen) atoms. The maximum absolute atomic E-state index is 4.19. The van der Waals surface area contributed by atoms with E-state index in [1.807, 2.05) is 18.5 Å². The van der Waals surface area contributed by atoms with Crippen LogP contribution in [0.25, 0.3) is 0 Å². The molecule has 1 aliphatic carbocycles. The fourth-order valence-corrected chi connectivity index (χ4v) is 1.32. The molecule has 1 aromatic heterocycles. The van der Waals surface area contributed by atoms with E-state index in [-0.39, 0.29) is 0 Å². The molecule has 0 aliphatic heterocycles. The third-order valence-corrected chi connectivity index (χ3v) is 2.25. The van der Waals surface area contributed by atoms with Crippen molar-refractivity contribution in [2.24, 2.45) is 5.92 Å². The third kappa shape index (κ3) is 0.939.